The Hall–Kier alpha value is -2.66. The number of hydrogen-bond donors (Lipinski definition) is 3. The summed E-state index contributed by atoms with van der Waals surface area (Å²) in [6.45, 7) is 1.79. The molecule has 0 radical (unpaired) electrons. The first kappa shape index (κ1) is 14.7. The molecule has 0 fully saturated rings. The van der Waals surface area contributed by atoms with E-state index >= 15 is 0 Å². The van der Waals surface area contributed by atoms with Crippen molar-refractivity contribution in [1.29, 1.82) is 0 Å². The summed E-state index contributed by atoms with van der Waals surface area (Å²) >= 11 is 0. The molecule has 1 amide bonds. The Kier molecular flexibility index (Phi) is 4.35. The van der Waals surface area contributed by atoms with E-state index in [9.17, 15) is 14.7 Å². The highest BCUT2D eigenvalue weighted by Gasteiger charge is 2.18. The molecular weight excluding hydrogens is 268 g/mol. The zero-order valence-electron chi connectivity index (χ0n) is 11.5. The number of anilines is 1. The third-order valence-electron chi connectivity index (χ3n) is 3.10. The van der Waals surface area contributed by atoms with Crippen LogP contribution in [0.15, 0.2) is 48.5 Å². The fraction of sp³-hybridized carbons (Fsp3) is 0.125. The lowest BCUT2D eigenvalue weighted by atomic mass is 10.1. The molecule has 4 N–H and O–H groups in total. The van der Waals surface area contributed by atoms with Gasteiger partial charge in [-0.15, -0.1) is 0 Å². The van der Waals surface area contributed by atoms with Gasteiger partial charge in [-0.1, -0.05) is 42.0 Å². The lowest BCUT2D eigenvalue weighted by molar-refractivity contribution is -0.117. The molecule has 0 heterocycles. The predicted octanol–water partition coefficient (Wildman–Crippen LogP) is 2.33. The van der Waals surface area contributed by atoms with Gasteiger partial charge in [-0.2, -0.15) is 0 Å². The normalized spacial score (nSPS) is 11.7. The summed E-state index contributed by atoms with van der Waals surface area (Å²) in [4.78, 5) is 23.4. The van der Waals surface area contributed by atoms with E-state index in [0.29, 0.717) is 5.56 Å². The molecule has 5 nitrogen and oxygen atoms in total. The average molecular weight is 284 g/mol. The van der Waals surface area contributed by atoms with Crippen LogP contribution in [0.25, 0.3) is 0 Å². The van der Waals surface area contributed by atoms with E-state index in [2.05, 4.69) is 5.32 Å². The summed E-state index contributed by atoms with van der Waals surface area (Å²) in [6, 6.07) is 12.9. The van der Waals surface area contributed by atoms with Crippen LogP contribution < -0.4 is 11.1 Å². The van der Waals surface area contributed by atoms with Gasteiger partial charge < -0.3 is 16.2 Å². The maximum Gasteiger partial charge on any atom is 0.337 e. The second kappa shape index (κ2) is 6.19. The van der Waals surface area contributed by atoms with Crippen molar-refractivity contribution in [1.82, 2.24) is 0 Å². The van der Waals surface area contributed by atoms with E-state index in [4.69, 9.17) is 5.73 Å². The molecule has 0 aliphatic carbocycles. The number of nitrogens with one attached hydrogen (secondary N) is 1. The molecule has 0 saturated carbocycles. The number of nitrogens with two attached hydrogens (primary N) is 1. The zero-order valence-corrected chi connectivity index (χ0v) is 11.5. The number of carbonyl (C=O) groups is 2. The maximum atomic E-state index is 12.1. The average Bonchev–Trinajstić information content (AvgIpc) is 2.49. The Bertz CT molecular complexity index is 668. The number of rotatable bonds is 4. The van der Waals surface area contributed by atoms with Crippen LogP contribution in [-0.4, -0.2) is 17.0 Å². The van der Waals surface area contributed by atoms with Crippen molar-refractivity contribution in [2.75, 3.05) is 5.32 Å². The lowest BCUT2D eigenvalue weighted by Gasteiger charge is -2.14. The Balaban J connectivity index is 2.22. The molecule has 0 aliphatic rings. The number of hydrogen-bond acceptors (Lipinski definition) is 3. The van der Waals surface area contributed by atoms with Crippen molar-refractivity contribution in [3.8, 4) is 0 Å². The Morgan fingerprint density at radius 2 is 1.81 bits per heavy atom. The van der Waals surface area contributed by atoms with Gasteiger partial charge in [0.25, 0.3) is 0 Å². The van der Waals surface area contributed by atoms with Gasteiger partial charge in [-0.3, -0.25) is 4.79 Å². The first-order valence-electron chi connectivity index (χ1n) is 6.44. The van der Waals surface area contributed by atoms with Crippen molar-refractivity contribution in [3.63, 3.8) is 0 Å². The minimum Gasteiger partial charge on any atom is -0.478 e. The second-order valence-corrected chi connectivity index (χ2v) is 4.73. The molecular formula is C16H16N2O3. The fourth-order valence-corrected chi connectivity index (χ4v) is 1.97. The molecule has 0 saturated heterocycles. The summed E-state index contributed by atoms with van der Waals surface area (Å²) < 4.78 is 0. The number of aryl methyl sites for hydroxylation is 1. The monoisotopic (exact) mass is 284 g/mol. The van der Waals surface area contributed by atoms with Crippen LogP contribution >= 0.6 is 0 Å². The Morgan fingerprint density at radius 3 is 2.43 bits per heavy atom. The van der Waals surface area contributed by atoms with Gasteiger partial charge in [0.15, 0.2) is 0 Å². The number of carboxylic acids is 1. The zero-order chi connectivity index (χ0) is 15.4. The molecule has 0 spiro atoms. The maximum absolute atomic E-state index is 12.1. The number of carboxylic acid groups (broad SMARTS) is 1. The van der Waals surface area contributed by atoms with Crippen LogP contribution in [0.2, 0.25) is 0 Å². The predicted molar refractivity (Wildman–Crippen MR) is 80.1 cm³/mol. The molecule has 0 bridgehead atoms. The third-order valence-corrected chi connectivity index (χ3v) is 3.10. The van der Waals surface area contributed by atoms with Crippen LogP contribution in [0, 0.1) is 6.92 Å². The molecule has 1 unspecified atom stereocenters. The molecule has 2 aromatic carbocycles. The summed E-state index contributed by atoms with van der Waals surface area (Å²) in [5, 5.41) is 11.7. The van der Waals surface area contributed by atoms with Gasteiger partial charge in [0, 0.05) is 0 Å². The highest BCUT2D eigenvalue weighted by molar-refractivity contribution is 6.02. The molecule has 2 rings (SSSR count). The first-order chi connectivity index (χ1) is 9.99. The Morgan fingerprint density at radius 1 is 1.14 bits per heavy atom. The van der Waals surface area contributed by atoms with Gasteiger partial charge in [0.1, 0.15) is 6.04 Å². The summed E-state index contributed by atoms with van der Waals surface area (Å²) in [5.74, 6) is -1.55. The Labute approximate surface area is 122 Å². The minimum absolute atomic E-state index is 0.0450. The summed E-state index contributed by atoms with van der Waals surface area (Å²) in [7, 11) is 0. The standard InChI is InChI=1S/C16H16N2O3/c1-10-7-8-13(12(9-10)16(20)21)18-15(19)14(17)11-5-3-2-4-6-11/h2-9,14H,17H2,1H3,(H,18,19)(H,20,21). The second-order valence-electron chi connectivity index (χ2n) is 4.73. The molecule has 108 valence electrons. The van der Waals surface area contributed by atoms with E-state index in [0.717, 1.165) is 5.56 Å². The van der Waals surface area contributed by atoms with Crippen molar-refractivity contribution in [2.24, 2.45) is 5.73 Å². The molecule has 0 aliphatic heterocycles. The van der Waals surface area contributed by atoms with Gasteiger partial charge in [-0.05, 0) is 24.6 Å². The fourth-order valence-electron chi connectivity index (χ4n) is 1.97. The van der Waals surface area contributed by atoms with Crippen LogP contribution in [-0.2, 0) is 4.79 Å². The van der Waals surface area contributed by atoms with Crippen molar-refractivity contribution >= 4 is 17.6 Å². The largest absolute Gasteiger partial charge is 0.478 e. The number of amides is 1. The third kappa shape index (κ3) is 3.46. The van der Waals surface area contributed by atoms with Gasteiger partial charge in [-0.25, -0.2) is 4.79 Å². The quantitative estimate of drug-likeness (QED) is 0.803. The number of carbonyl (C=O) groups excluding carboxylic acids is 1. The molecule has 21 heavy (non-hydrogen) atoms. The molecule has 1 atom stereocenters. The van der Waals surface area contributed by atoms with Gasteiger partial charge in [0.2, 0.25) is 5.91 Å². The lowest BCUT2D eigenvalue weighted by Crippen LogP contribution is -2.28. The van der Waals surface area contributed by atoms with Crippen LogP contribution in [0.3, 0.4) is 0 Å². The van der Waals surface area contributed by atoms with Crippen molar-refractivity contribution in [2.45, 2.75) is 13.0 Å². The van der Waals surface area contributed by atoms with E-state index in [-0.39, 0.29) is 11.3 Å². The molecule has 5 heteroatoms. The van der Waals surface area contributed by atoms with Crippen LogP contribution in [0.5, 0.6) is 0 Å². The van der Waals surface area contributed by atoms with Crippen LogP contribution in [0.1, 0.15) is 27.5 Å². The smallest absolute Gasteiger partial charge is 0.337 e. The van der Waals surface area contributed by atoms with E-state index in [1.807, 2.05) is 6.07 Å². The van der Waals surface area contributed by atoms with Crippen molar-refractivity contribution in [3.05, 3.63) is 65.2 Å². The summed E-state index contributed by atoms with van der Waals surface area (Å²) in [6.07, 6.45) is 0. The number of benzene rings is 2. The molecule has 0 aromatic heterocycles. The minimum atomic E-state index is -1.10. The van der Waals surface area contributed by atoms with E-state index in [1.165, 1.54) is 6.07 Å². The van der Waals surface area contributed by atoms with E-state index in [1.54, 1.807) is 43.3 Å². The highest BCUT2D eigenvalue weighted by atomic mass is 16.4. The van der Waals surface area contributed by atoms with Crippen LogP contribution in [0.4, 0.5) is 5.69 Å². The first-order valence-corrected chi connectivity index (χ1v) is 6.44. The van der Waals surface area contributed by atoms with Gasteiger partial charge in [0.05, 0.1) is 11.3 Å². The highest BCUT2D eigenvalue weighted by Crippen LogP contribution is 2.19. The van der Waals surface area contributed by atoms with Gasteiger partial charge >= 0.3 is 5.97 Å². The topological polar surface area (TPSA) is 92.4 Å². The molecule has 2 aromatic rings. The summed E-state index contributed by atoms with van der Waals surface area (Å²) in [5.41, 5.74) is 7.64. The van der Waals surface area contributed by atoms with Crippen molar-refractivity contribution < 1.29 is 14.7 Å². The SMILES string of the molecule is Cc1ccc(NC(=O)C(N)c2ccccc2)c(C(=O)O)c1. The number of aromatic carboxylic acids is 1. The van der Waals surface area contributed by atoms with E-state index < -0.39 is 17.9 Å².